The number of hydrogen-bond acceptors (Lipinski definition) is 5. The third-order valence-corrected chi connectivity index (χ3v) is 5.88. The smallest absolute Gasteiger partial charge is 0.494 e. The molecule has 9 heteroatoms. The fourth-order valence-corrected chi connectivity index (χ4v) is 3.84. The molecule has 1 amide bonds. The molecule has 0 aliphatic heterocycles. The number of primary amides is 1. The predicted octanol–water partition coefficient (Wildman–Crippen LogP) is 5.21. The highest BCUT2D eigenvalue weighted by molar-refractivity contribution is 9.10. The zero-order valence-corrected chi connectivity index (χ0v) is 20.3. The van der Waals surface area contributed by atoms with Gasteiger partial charge in [-0.1, -0.05) is 37.3 Å². The number of aromatic nitrogens is 1. The first-order valence-corrected chi connectivity index (χ1v) is 11.6. The van der Waals surface area contributed by atoms with E-state index in [-0.39, 0.29) is 12.3 Å². The Kier molecular flexibility index (Phi) is 10.1. The van der Waals surface area contributed by atoms with E-state index in [1.165, 1.54) is 19.8 Å². The van der Waals surface area contributed by atoms with Crippen molar-refractivity contribution in [1.82, 2.24) is 4.57 Å². The van der Waals surface area contributed by atoms with Gasteiger partial charge in [-0.15, -0.1) is 9.05 Å². The summed E-state index contributed by atoms with van der Waals surface area (Å²) in [6.45, 7) is 3.46. The van der Waals surface area contributed by atoms with Crippen LogP contribution in [0.1, 0.15) is 24.5 Å². The summed E-state index contributed by atoms with van der Waals surface area (Å²) in [5.41, 5.74) is 8.61. The average Bonchev–Trinajstić information content (AvgIpc) is 3.03. The lowest BCUT2D eigenvalue weighted by molar-refractivity contribution is -0.117. The van der Waals surface area contributed by atoms with E-state index in [4.69, 9.17) is 10.5 Å². The molecular weight excluding hydrogens is 483 g/mol. The maximum absolute atomic E-state index is 11.6. The minimum absolute atomic E-state index is 0.191. The molecule has 0 bridgehead atoms. The Balaban J connectivity index is 0.000000501. The first-order valence-electron chi connectivity index (χ1n) is 9.72. The summed E-state index contributed by atoms with van der Waals surface area (Å²) in [6, 6.07) is 16.2. The van der Waals surface area contributed by atoms with Gasteiger partial charge in [-0.3, -0.25) is 4.79 Å². The Bertz CT molecular complexity index is 1020. The van der Waals surface area contributed by atoms with E-state index in [2.05, 4.69) is 48.6 Å². The van der Waals surface area contributed by atoms with Crippen LogP contribution < -0.4 is 10.5 Å². The van der Waals surface area contributed by atoms with Gasteiger partial charge < -0.3 is 15.0 Å². The van der Waals surface area contributed by atoms with Crippen LogP contribution in [0.4, 0.5) is 0 Å². The van der Waals surface area contributed by atoms with Crippen molar-refractivity contribution in [3.8, 4) is 5.75 Å². The van der Waals surface area contributed by atoms with E-state index in [1.807, 2.05) is 36.4 Å². The van der Waals surface area contributed by atoms with Gasteiger partial charge in [-0.05, 0) is 46.1 Å². The number of hydrogen-bond donors (Lipinski definition) is 1. The maximum Gasteiger partial charge on any atom is 0.696 e. The van der Waals surface area contributed by atoms with Gasteiger partial charge >= 0.3 is 8.25 Å². The zero-order valence-electron chi connectivity index (χ0n) is 17.8. The summed E-state index contributed by atoms with van der Waals surface area (Å²) < 4.78 is 27.1. The Morgan fingerprint density at radius 3 is 2.35 bits per heavy atom. The van der Waals surface area contributed by atoms with Crippen molar-refractivity contribution in [2.24, 2.45) is 5.73 Å². The minimum atomic E-state index is -1.83. The van der Waals surface area contributed by atoms with Crippen LogP contribution in [-0.2, 0) is 31.4 Å². The van der Waals surface area contributed by atoms with Gasteiger partial charge in [0, 0.05) is 27.6 Å². The fourth-order valence-electron chi connectivity index (χ4n) is 3.02. The third kappa shape index (κ3) is 7.14. The Labute approximate surface area is 191 Å². The van der Waals surface area contributed by atoms with E-state index in [0.717, 1.165) is 33.2 Å². The number of nitrogens with zero attached hydrogens (tertiary/aromatic N) is 1. The molecule has 3 aromatic rings. The topological polar surface area (TPSA) is 92.8 Å². The molecule has 166 valence electrons. The Morgan fingerprint density at radius 1 is 1.13 bits per heavy atom. The number of carbonyl (C=O) groups is 1. The molecule has 2 N–H and O–H groups in total. The highest BCUT2D eigenvalue weighted by Gasteiger charge is 2.18. The zero-order chi connectivity index (χ0) is 22.8. The molecule has 0 aliphatic rings. The van der Waals surface area contributed by atoms with Crippen LogP contribution in [0.2, 0.25) is 0 Å². The normalized spacial score (nSPS) is 10.5. The van der Waals surface area contributed by atoms with Gasteiger partial charge in [0.05, 0.1) is 31.9 Å². The van der Waals surface area contributed by atoms with Crippen molar-refractivity contribution in [2.45, 2.75) is 26.3 Å². The van der Waals surface area contributed by atoms with E-state index in [0.29, 0.717) is 13.2 Å². The molecule has 0 fully saturated rings. The molecule has 0 unspecified atom stereocenters. The number of fused-ring (bicyclic) bond motifs is 1. The van der Waals surface area contributed by atoms with Crippen LogP contribution in [0.5, 0.6) is 5.75 Å². The highest BCUT2D eigenvalue weighted by Crippen LogP contribution is 2.34. The number of amides is 1. The van der Waals surface area contributed by atoms with E-state index in [1.54, 1.807) is 0 Å². The lowest BCUT2D eigenvalue weighted by Crippen LogP contribution is -2.14. The van der Waals surface area contributed by atoms with Crippen molar-refractivity contribution in [3.05, 3.63) is 64.3 Å². The maximum atomic E-state index is 11.6. The predicted molar refractivity (Wildman–Crippen MR) is 125 cm³/mol. The molecule has 1 aromatic heterocycles. The SMILES string of the molecule is CCCOc1ccc2c(c1)c(CC(N)=O)c(Br)n2Cc1ccccc1.CO[P+](=O)OC. The van der Waals surface area contributed by atoms with Crippen LogP contribution in [0.25, 0.3) is 10.9 Å². The second-order valence-corrected chi connectivity index (χ2v) is 8.53. The fraction of sp³-hybridized carbons (Fsp3) is 0.318. The second kappa shape index (κ2) is 12.6. The van der Waals surface area contributed by atoms with E-state index >= 15 is 0 Å². The van der Waals surface area contributed by atoms with Crippen LogP contribution in [0, 0.1) is 0 Å². The van der Waals surface area contributed by atoms with E-state index < -0.39 is 8.25 Å². The lowest BCUT2D eigenvalue weighted by atomic mass is 10.1. The van der Waals surface area contributed by atoms with Crippen LogP contribution >= 0.6 is 24.2 Å². The highest BCUT2D eigenvalue weighted by atomic mass is 79.9. The molecule has 0 radical (unpaired) electrons. The largest absolute Gasteiger partial charge is 0.696 e. The standard InChI is InChI=1S/C20H21BrN2O2.C2H6O3P/c1-2-10-25-15-8-9-18-16(11-15)17(12-19(22)24)20(21)23(18)13-14-6-4-3-5-7-14;1-4-6(3)5-2/h3-9,11H,2,10,12-13H2,1H3,(H2,22,24);1-2H3/q;+1. The minimum Gasteiger partial charge on any atom is -0.494 e. The number of halogens is 1. The van der Waals surface area contributed by atoms with Crippen LogP contribution in [0.3, 0.4) is 0 Å². The summed E-state index contributed by atoms with van der Waals surface area (Å²) >= 11 is 3.67. The second-order valence-electron chi connectivity index (χ2n) is 6.60. The van der Waals surface area contributed by atoms with Crippen molar-refractivity contribution in [2.75, 3.05) is 20.8 Å². The summed E-state index contributed by atoms with van der Waals surface area (Å²) in [6.07, 6.45) is 1.14. The van der Waals surface area contributed by atoms with Gasteiger partial charge in [-0.2, -0.15) is 0 Å². The van der Waals surface area contributed by atoms with Crippen molar-refractivity contribution in [3.63, 3.8) is 0 Å². The van der Waals surface area contributed by atoms with Crippen molar-refractivity contribution >= 4 is 41.0 Å². The van der Waals surface area contributed by atoms with Crippen LogP contribution in [0.15, 0.2) is 53.1 Å². The van der Waals surface area contributed by atoms with Gasteiger partial charge in [0.15, 0.2) is 0 Å². The van der Waals surface area contributed by atoms with Gasteiger partial charge in [0.25, 0.3) is 0 Å². The van der Waals surface area contributed by atoms with Gasteiger partial charge in [0.2, 0.25) is 5.91 Å². The first-order chi connectivity index (χ1) is 14.9. The van der Waals surface area contributed by atoms with Gasteiger partial charge in [-0.25, -0.2) is 0 Å². The van der Waals surface area contributed by atoms with Crippen LogP contribution in [-0.4, -0.2) is 31.3 Å². The summed E-state index contributed by atoms with van der Waals surface area (Å²) in [5.74, 6) is 0.462. The first kappa shape index (κ1) is 25.0. The summed E-state index contributed by atoms with van der Waals surface area (Å²) in [5, 5.41) is 0.996. The summed E-state index contributed by atoms with van der Waals surface area (Å²) in [7, 11) is 0.817. The average molecular weight is 510 g/mol. The van der Waals surface area contributed by atoms with Gasteiger partial charge in [0.1, 0.15) is 5.75 Å². The number of benzene rings is 2. The number of rotatable bonds is 9. The molecule has 0 aliphatic carbocycles. The quantitative estimate of drug-likeness (QED) is 0.400. The molecule has 0 saturated heterocycles. The molecule has 7 nitrogen and oxygen atoms in total. The molecular formula is C22H27BrN2O5P+. The van der Waals surface area contributed by atoms with Crippen molar-refractivity contribution in [1.29, 1.82) is 0 Å². The molecule has 0 spiro atoms. The monoisotopic (exact) mass is 509 g/mol. The molecule has 2 aromatic carbocycles. The molecule has 31 heavy (non-hydrogen) atoms. The van der Waals surface area contributed by atoms with E-state index in [9.17, 15) is 9.36 Å². The lowest BCUT2D eigenvalue weighted by Gasteiger charge is -2.09. The molecule has 0 saturated carbocycles. The Hall–Kier alpha value is -2.25. The summed E-state index contributed by atoms with van der Waals surface area (Å²) in [4.78, 5) is 11.6. The third-order valence-electron chi connectivity index (χ3n) is 4.38. The number of carbonyl (C=O) groups excluding carboxylic acids is 1. The number of ether oxygens (including phenoxy) is 1. The molecule has 3 rings (SSSR count). The molecule has 0 atom stereocenters. The molecule has 1 heterocycles. The Morgan fingerprint density at radius 2 is 1.81 bits per heavy atom. The van der Waals surface area contributed by atoms with Crippen molar-refractivity contribution < 1.29 is 23.1 Å². The number of nitrogens with two attached hydrogens (primary N) is 1.